The smallest absolute Gasteiger partial charge is 0.225 e. The summed E-state index contributed by atoms with van der Waals surface area (Å²) in [5.74, 6) is 0. The van der Waals surface area contributed by atoms with Crippen LogP contribution in [0.5, 0.6) is 0 Å². The largest absolute Gasteiger partial charge is 0.308 e. The number of fused-ring (bicyclic) bond motifs is 1. The summed E-state index contributed by atoms with van der Waals surface area (Å²) in [6, 6.07) is 10.2. The van der Waals surface area contributed by atoms with Gasteiger partial charge >= 0.3 is 0 Å². The zero-order valence-corrected chi connectivity index (χ0v) is 11.6. The van der Waals surface area contributed by atoms with E-state index in [4.69, 9.17) is 23.2 Å². The van der Waals surface area contributed by atoms with Crippen molar-refractivity contribution in [3.05, 3.63) is 52.7 Å². The maximum atomic E-state index is 6.01. The molecule has 0 saturated carbocycles. The summed E-state index contributed by atoms with van der Waals surface area (Å²) >= 11 is 11.9. The number of rotatable bonds is 2. The van der Waals surface area contributed by atoms with Crippen molar-refractivity contribution in [1.29, 1.82) is 0 Å². The van der Waals surface area contributed by atoms with Crippen molar-refractivity contribution >= 4 is 34.4 Å². The molecule has 19 heavy (non-hydrogen) atoms. The van der Waals surface area contributed by atoms with Gasteiger partial charge in [0.1, 0.15) is 5.52 Å². The first-order valence-electron chi connectivity index (χ1n) is 5.77. The van der Waals surface area contributed by atoms with Gasteiger partial charge in [-0.05, 0) is 24.1 Å². The third-order valence-electron chi connectivity index (χ3n) is 3.05. The molecular formula is C13H10Cl2N4. The first kappa shape index (κ1) is 12.4. The molecule has 96 valence electrons. The highest BCUT2D eigenvalue weighted by Crippen LogP contribution is 2.25. The predicted octanol–water partition coefficient (Wildman–Crippen LogP) is 3.74. The summed E-state index contributed by atoms with van der Waals surface area (Å²) in [6.45, 7) is 2.07. The van der Waals surface area contributed by atoms with Gasteiger partial charge in [0.25, 0.3) is 0 Å². The summed E-state index contributed by atoms with van der Waals surface area (Å²) in [6.07, 6.45) is 1.71. The van der Waals surface area contributed by atoms with E-state index in [0.29, 0.717) is 11.2 Å². The summed E-state index contributed by atoms with van der Waals surface area (Å²) in [5.41, 5.74) is 2.36. The lowest BCUT2D eigenvalue weighted by Gasteiger charge is -2.14. The number of imidazole rings is 1. The Morgan fingerprint density at radius 1 is 1.11 bits per heavy atom. The molecule has 2 aromatic heterocycles. The Bertz CT molecular complexity index is 724. The third kappa shape index (κ3) is 2.17. The molecule has 3 rings (SSSR count). The Morgan fingerprint density at radius 3 is 2.58 bits per heavy atom. The van der Waals surface area contributed by atoms with Crippen molar-refractivity contribution in [2.75, 3.05) is 0 Å². The van der Waals surface area contributed by atoms with Gasteiger partial charge < -0.3 is 4.57 Å². The number of halogens is 2. The van der Waals surface area contributed by atoms with Crippen LogP contribution in [0.4, 0.5) is 0 Å². The first-order valence-corrected chi connectivity index (χ1v) is 6.53. The van der Waals surface area contributed by atoms with Gasteiger partial charge in [-0.1, -0.05) is 41.9 Å². The number of benzene rings is 1. The second-order valence-electron chi connectivity index (χ2n) is 4.19. The van der Waals surface area contributed by atoms with Gasteiger partial charge in [-0.2, -0.15) is 4.98 Å². The number of aromatic nitrogens is 4. The monoisotopic (exact) mass is 292 g/mol. The van der Waals surface area contributed by atoms with Gasteiger partial charge in [-0.3, -0.25) is 0 Å². The van der Waals surface area contributed by atoms with E-state index in [1.807, 2.05) is 22.8 Å². The molecule has 0 aliphatic carbocycles. The zero-order valence-electron chi connectivity index (χ0n) is 10.1. The molecule has 0 radical (unpaired) electrons. The lowest BCUT2D eigenvalue weighted by Crippen LogP contribution is -2.06. The van der Waals surface area contributed by atoms with Crippen LogP contribution in [0.25, 0.3) is 11.2 Å². The quantitative estimate of drug-likeness (QED) is 0.534. The maximum absolute atomic E-state index is 6.01. The Morgan fingerprint density at radius 2 is 1.84 bits per heavy atom. The molecule has 0 N–H and O–H groups in total. The minimum absolute atomic E-state index is 0.0910. The highest BCUT2D eigenvalue weighted by Gasteiger charge is 2.15. The van der Waals surface area contributed by atoms with Crippen LogP contribution in [0.3, 0.4) is 0 Å². The maximum Gasteiger partial charge on any atom is 0.225 e. The van der Waals surface area contributed by atoms with Crippen LogP contribution >= 0.6 is 23.2 Å². The lowest BCUT2D eigenvalue weighted by molar-refractivity contribution is 0.652. The minimum atomic E-state index is 0.0910. The van der Waals surface area contributed by atoms with Crippen LogP contribution in [0, 0.1) is 0 Å². The second-order valence-corrected chi connectivity index (χ2v) is 4.89. The molecule has 1 atom stereocenters. The Kier molecular flexibility index (Phi) is 3.12. The molecule has 0 aliphatic rings. The van der Waals surface area contributed by atoms with Crippen molar-refractivity contribution in [3.63, 3.8) is 0 Å². The molecule has 0 aliphatic heterocycles. The fourth-order valence-corrected chi connectivity index (χ4v) is 2.45. The van der Waals surface area contributed by atoms with E-state index >= 15 is 0 Å². The summed E-state index contributed by atoms with van der Waals surface area (Å²) < 4.78 is 1.93. The fourth-order valence-electron chi connectivity index (χ4n) is 2.03. The van der Waals surface area contributed by atoms with E-state index in [1.165, 1.54) is 0 Å². The van der Waals surface area contributed by atoms with Crippen molar-refractivity contribution < 1.29 is 0 Å². The molecule has 0 amide bonds. The summed E-state index contributed by atoms with van der Waals surface area (Å²) in [7, 11) is 0. The van der Waals surface area contributed by atoms with E-state index in [2.05, 4.69) is 34.0 Å². The van der Waals surface area contributed by atoms with Gasteiger partial charge in [-0.25, -0.2) is 9.97 Å². The highest BCUT2D eigenvalue weighted by molar-refractivity contribution is 6.35. The van der Waals surface area contributed by atoms with E-state index in [9.17, 15) is 0 Å². The molecule has 6 heteroatoms. The van der Waals surface area contributed by atoms with Crippen molar-refractivity contribution in [2.24, 2.45) is 0 Å². The van der Waals surface area contributed by atoms with E-state index < -0.39 is 0 Å². The lowest BCUT2D eigenvalue weighted by atomic mass is 10.1. The van der Waals surface area contributed by atoms with Crippen LogP contribution in [-0.4, -0.2) is 19.5 Å². The molecule has 4 nitrogen and oxygen atoms in total. The molecule has 0 spiro atoms. The Balaban J connectivity index is 2.16. The zero-order chi connectivity index (χ0) is 13.4. The van der Waals surface area contributed by atoms with E-state index in [-0.39, 0.29) is 16.5 Å². The van der Waals surface area contributed by atoms with Crippen LogP contribution in [-0.2, 0) is 0 Å². The molecule has 0 fully saturated rings. The van der Waals surface area contributed by atoms with E-state index in [0.717, 1.165) is 5.56 Å². The van der Waals surface area contributed by atoms with Crippen LogP contribution < -0.4 is 0 Å². The average Bonchev–Trinajstić information content (AvgIpc) is 2.83. The van der Waals surface area contributed by atoms with Gasteiger partial charge in [-0.15, -0.1) is 0 Å². The van der Waals surface area contributed by atoms with E-state index in [1.54, 1.807) is 6.33 Å². The van der Waals surface area contributed by atoms with Crippen LogP contribution in [0.2, 0.25) is 10.4 Å². The van der Waals surface area contributed by atoms with Crippen LogP contribution in [0.1, 0.15) is 18.5 Å². The fraction of sp³-hybridized carbons (Fsp3) is 0.154. The van der Waals surface area contributed by atoms with Gasteiger partial charge in [0.15, 0.2) is 10.8 Å². The standard InChI is InChI=1S/C13H10Cl2N4/c1-8(9-5-3-2-4-6-9)19-7-16-10-11(14)17-13(15)18-12(10)19/h2-8H,1H3. The number of hydrogen-bond donors (Lipinski definition) is 0. The molecule has 1 unspecified atom stereocenters. The van der Waals surface area contributed by atoms with Gasteiger partial charge in [0.05, 0.1) is 12.4 Å². The molecular weight excluding hydrogens is 283 g/mol. The Hall–Kier alpha value is -1.65. The normalized spacial score (nSPS) is 12.8. The summed E-state index contributed by atoms with van der Waals surface area (Å²) in [4.78, 5) is 12.4. The van der Waals surface area contributed by atoms with Crippen molar-refractivity contribution in [2.45, 2.75) is 13.0 Å². The van der Waals surface area contributed by atoms with Crippen LogP contribution in [0.15, 0.2) is 36.7 Å². The number of nitrogens with zero attached hydrogens (tertiary/aromatic N) is 4. The van der Waals surface area contributed by atoms with Gasteiger partial charge in [0, 0.05) is 0 Å². The minimum Gasteiger partial charge on any atom is -0.308 e. The number of hydrogen-bond acceptors (Lipinski definition) is 3. The Labute approximate surface area is 120 Å². The molecule has 3 aromatic rings. The second kappa shape index (κ2) is 4.79. The first-order chi connectivity index (χ1) is 9.16. The third-order valence-corrected chi connectivity index (χ3v) is 3.48. The van der Waals surface area contributed by atoms with Gasteiger partial charge in [0.2, 0.25) is 5.28 Å². The predicted molar refractivity (Wildman–Crippen MR) is 75.6 cm³/mol. The molecule has 0 saturated heterocycles. The topological polar surface area (TPSA) is 43.6 Å². The average molecular weight is 293 g/mol. The molecule has 2 heterocycles. The summed E-state index contributed by atoms with van der Waals surface area (Å²) in [5, 5.41) is 0.397. The molecule has 1 aromatic carbocycles. The van der Waals surface area contributed by atoms with Crippen molar-refractivity contribution in [3.8, 4) is 0 Å². The SMILES string of the molecule is CC(c1ccccc1)n1cnc2c(Cl)nc(Cl)nc21. The van der Waals surface area contributed by atoms with Crippen molar-refractivity contribution in [1.82, 2.24) is 19.5 Å². The highest BCUT2D eigenvalue weighted by atomic mass is 35.5. The molecule has 0 bridgehead atoms.